The summed E-state index contributed by atoms with van der Waals surface area (Å²) in [7, 11) is 0. The molecule has 3 N–H and O–H groups in total. The quantitative estimate of drug-likeness (QED) is 0.551. The summed E-state index contributed by atoms with van der Waals surface area (Å²) in [6.07, 6.45) is 0. The third-order valence-corrected chi connectivity index (χ3v) is 4.11. The molecular formula is C16H14BrFN2O. The smallest absolute Gasteiger partial charge is 0.148 e. The molecular weight excluding hydrogens is 335 g/mol. The van der Waals surface area contributed by atoms with Gasteiger partial charge in [-0.15, -0.1) is 0 Å². The predicted octanol–water partition coefficient (Wildman–Crippen LogP) is 4.20. The molecule has 1 aromatic heterocycles. The molecule has 3 aromatic rings. The Kier molecular flexibility index (Phi) is 3.80. The molecule has 1 atom stereocenters. The van der Waals surface area contributed by atoms with Gasteiger partial charge in [-0.3, -0.25) is 5.84 Å². The highest BCUT2D eigenvalue weighted by Crippen LogP contribution is 2.32. The van der Waals surface area contributed by atoms with Crippen LogP contribution in [-0.4, -0.2) is 0 Å². The lowest BCUT2D eigenvalue weighted by Gasteiger charge is -2.14. The highest BCUT2D eigenvalue weighted by Gasteiger charge is 2.18. The first-order valence-electron chi connectivity index (χ1n) is 6.50. The number of benzene rings is 2. The number of hydrogen-bond acceptors (Lipinski definition) is 3. The van der Waals surface area contributed by atoms with Crippen LogP contribution in [0.2, 0.25) is 0 Å². The maximum atomic E-state index is 13.4. The molecule has 5 heteroatoms. The Labute approximate surface area is 130 Å². The summed E-state index contributed by atoms with van der Waals surface area (Å²) in [5.74, 6) is 6.12. The van der Waals surface area contributed by atoms with Crippen LogP contribution in [0, 0.1) is 12.7 Å². The zero-order valence-electron chi connectivity index (χ0n) is 11.4. The van der Waals surface area contributed by atoms with Crippen molar-refractivity contribution in [3.63, 3.8) is 0 Å². The molecule has 0 aliphatic heterocycles. The highest BCUT2D eigenvalue weighted by atomic mass is 79.9. The fourth-order valence-corrected chi connectivity index (χ4v) is 2.84. The molecule has 1 heterocycles. The van der Waals surface area contributed by atoms with Crippen molar-refractivity contribution in [3.05, 3.63) is 69.6 Å². The van der Waals surface area contributed by atoms with Crippen molar-refractivity contribution in [1.82, 2.24) is 5.43 Å². The minimum Gasteiger partial charge on any atom is -0.458 e. The molecule has 3 rings (SSSR count). The number of halogens is 2. The minimum absolute atomic E-state index is 0.234. The van der Waals surface area contributed by atoms with Gasteiger partial charge >= 0.3 is 0 Å². The van der Waals surface area contributed by atoms with Crippen LogP contribution in [0.4, 0.5) is 4.39 Å². The number of hydrazine groups is 1. The maximum absolute atomic E-state index is 13.4. The largest absolute Gasteiger partial charge is 0.458 e. The first-order valence-corrected chi connectivity index (χ1v) is 7.29. The van der Waals surface area contributed by atoms with Crippen LogP contribution >= 0.6 is 15.9 Å². The minimum atomic E-state index is -0.330. The van der Waals surface area contributed by atoms with Crippen molar-refractivity contribution in [2.75, 3.05) is 0 Å². The Balaban J connectivity index is 2.09. The molecule has 2 aromatic carbocycles. The van der Waals surface area contributed by atoms with Gasteiger partial charge < -0.3 is 4.42 Å². The van der Waals surface area contributed by atoms with Gasteiger partial charge in [0, 0.05) is 5.39 Å². The van der Waals surface area contributed by atoms with E-state index in [0.29, 0.717) is 11.3 Å². The monoisotopic (exact) mass is 348 g/mol. The van der Waals surface area contributed by atoms with Crippen molar-refractivity contribution in [1.29, 1.82) is 0 Å². The summed E-state index contributed by atoms with van der Waals surface area (Å²) in [6, 6.07) is 12.3. The molecule has 21 heavy (non-hydrogen) atoms. The Hall–Kier alpha value is -1.69. The molecule has 108 valence electrons. The zero-order chi connectivity index (χ0) is 15.0. The Morgan fingerprint density at radius 2 is 2.05 bits per heavy atom. The van der Waals surface area contributed by atoms with Crippen molar-refractivity contribution >= 4 is 26.9 Å². The van der Waals surface area contributed by atoms with E-state index in [4.69, 9.17) is 10.3 Å². The number of rotatable bonds is 3. The van der Waals surface area contributed by atoms with Crippen LogP contribution in [0.1, 0.15) is 22.9 Å². The summed E-state index contributed by atoms with van der Waals surface area (Å²) in [5.41, 5.74) is 4.93. The molecule has 0 aliphatic carbocycles. The van der Waals surface area contributed by atoms with Gasteiger partial charge in [-0.25, -0.2) is 9.82 Å². The van der Waals surface area contributed by atoms with E-state index in [9.17, 15) is 4.39 Å². The topological polar surface area (TPSA) is 51.2 Å². The van der Waals surface area contributed by atoms with Crippen molar-refractivity contribution < 1.29 is 8.81 Å². The van der Waals surface area contributed by atoms with Gasteiger partial charge in [-0.05, 0) is 52.2 Å². The maximum Gasteiger partial charge on any atom is 0.148 e. The van der Waals surface area contributed by atoms with E-state index in [2.05, 4.69) is 21.4 Å². The van der Waals surface area contributed by atoms with Crippen LogP contribution in [-0.2, 0) is 0 Å². The van der Waals surface area contributed by atoms with Crippen molar-refractivity contribution in [2.45, 2.75) is 13.0 Å². The van der Waals surface area contributed by atoms with Gasteiger partial charge in [0.05, 0.1) is 4.47 Å². The third kappa shape index (κ3) is 2.60. The van der Waals surface area contributed by atoms with E-state index in [1.165, 1.54) is 6.07 Å². The molecule has 0 spiro atoms. The second kappa shape index (κ2) is 5.60. The molecule has 0 radical (unpaired) electrons. The van der Waals surface area contributed by atoms with E-state index < -0.39 is 0 Å². The number of hydrogen-bond donors (Lipinski definition) is 2. The van der Waals surface area contributed by atoms with Gasteiger partial charge in [0.1, 0.15) is 23.2 Å². The number of para-hydroxylation sites is 1. The summed E-state index contributed by atoms with van der Waals surface area (Å²) < 4.78 is 20.2. The Morgan fingerprint density at radius 3 is 2.71 bits per heavy atom. The third-order valence-electron chi connectivity index (χ3n) is 3.48. The zero-order valence-corrected chi connectivity index (χ0v) is 12.9. The van der Waals surface area contributed by atoms with E-state index in [0.717, 1.165) is 21.0 Å². The van der Waals surface area contributed by atoms with E-state index in [1.807, 2.05) is 24.3 Å². The fourth-order valence-electron chi connectivity index (χ4n) is 2.38. The Morgan fingerprint density at radius 1 is 1.24 bits per heavy atom. The van der Waals surface area contributed by atoms with Crippen LogP contribution in [0.5, 0.6) is 0 Å². The molecule has 0 bridgehead atoms. The summed E-state index contributed by atoms with van der Waals surface area (Å²) in [4.78, 5) is 0. The molecule has 1 unspecified atom stereocenters. The van der Waals surface area contributed by atoms with Gasteiger partial charge in [0.2, 0.25) is 0 Å². The molecule has 0 aliphatic rings. The number of aryl methyl sites for hydroxylation is 1. The van der Waals surface area contributed by atoms with Crippen molar-refractivity contribution in [2.24, 2.45) is 5.84 Å². The predicted molar refractivity (Wildman–Crippen MR) is 84.2 cm³/mol. The van der Waals surface area contributed by atoms with Gasteiger partial charge in [0.15, 0.2) is 0 Å². The molecule has 3 nitrogen and oxygen atoms in total. The highest BCUT2D eigenvalue weighted by molar-refractivity contribution is 9.10. The SMILES string of the molecule is Cc1cc(C(NN)c2cc3cccc(Br)c3o2)ccc1F. The average Bonchev–Trinajstić information content (AvgIpc) is 2.89. The number of nitrogens with two attached hydrogens (primary N) is 1. The normalized spacial score (nSPS) is 12.8. The van der Waals surface area contributed by atoms with Gasteiger partial charge in [-0.2, -0.15) is 0 Å². The van der Waals surface area contributed by atoms with E-state index in [1.54, 1.807) is 19.1 Å². The fraction of sp³-hybridized carbons (Fsp3) is 0.125. The lowest BCUT2D eigenvalue weighted by atomic mass is 10.0. The summed E-state index contributed by atoms with van der Waals surface area (Å²) in [6.45, 7) is 1.72. The first kappa shape index (κ1) is 14.3. The molecule has 0 fully saturated rings. The number of nitrogens with one attached hydrogen (secondary N) is 1. The van der Waals surface area contributed by atoms with Crippen molar-refractivity contribution in [3.8, 4) is 0 Å². The standard InChI is InChI=1S/C16H14BrFN2O/c1-9-7-10(5-6-13(9)18)15(20-19)14-8-11-3-2-4-12(17)16(11)21-14/h2-8,15,20H,19H2,1H3. The number of fused-ring (bicyclic) bond motifs is 1. The van der Waals surface area contributed by atoms with Crippen LogP contribution in [0.25, 0.3) is 11.0 Å². The van der Waals surface area contributed by atoms with Crippen LogP contribution < -0.4 is 11.3 Å². The lowest BCUT2D eigenvalue weighted by Crippen LogP contribution is -2.28. The number of furan rings is 1. The average molecular weight is 349 g/mol. The van der Waals surface area contributed by atoms with E-state index in [-0.39, 0.29) is 11.9 Å². The lowest BCUT2D eigenvalue weighted by molar-refractivity contribution is 0.475. The van der Waals surface area contributed by atoms with Crippen LogP contribution in [0.15, 0.2) is 51.4 Å². The van der Waals surface area contributed by atoms with E-state index >= 15 is 0 Å². The molecule has 0 saturated carbocycles. The molecule has 0 saturated heterocycles. The second-order valence-corrected chi connectivity index (χ2v) is 5.77. The van der Waals surface area contributed by atoms with Gasteiger partial charge in [-0.1, -0.05) is 24.3 Å². The van der Waals surface area contributed by atoms with Crippen LogP contribution in [0.3, 0.4) is 0 Å². The van der Waals surface area contributed by atoms with Gasteiger partial charge in [0.25, 0.3) is 0 Å². The summed E-state index contributed by atoms with van der Waals surface area (Å²) >= 11 is 3.46. The first-order chi connectivity index (χ1) is 10.1. The molecule has 0 amide bonds. The Bertz CT molecular complexity index is 800. The summed E-state index contributed by atoms with van der Waals surface area (Å²) in [5, 5.41) is 0.985. The second-order valence-electron chi connectivity index (χ2n) is 4.92.